The van der Waals surface area contributed by atoms with E-state index in [1.807, 2.05) is 26.0 Å². The number of benzene rings is 1. The Morgan fingerprint density at radius 3 is 2.74 bits per heavy atom. The van der Waals surface area contributed by atoms with Crippen LogP contribution in [0.1, 0.15) is 25.8 Å². The van der Waals surface area contributed by atoms with Crippen LogP contribution in [0, 0.1) is 11.3 Å². The van der Waals surface area contributed by atoms with Crippen LogP contribution >= 0.6 is 11.8 Å². The first-order chi connectivity index (χ1) is 8.99. The zero-order valence-corrected chi connectivity index (χ0v) is 12.2. The Morgan fingerprint density at radius 1 is 1.53 bits per heavy atom. The van der Waals surface area contributed by atoms with Crippen LogP contribution in [0.2, 0.25) is 0 Å². The minimum absolute atomic E-state index is 0.0410. The zero-order chi connectivity index (χ0) is 14.0. The van der Waals surface area contributed by atoms with Crippen LogP contribution in [0.25, 0.3) is 0 Å². The third-order valence-corrected chi connectivity index (χ3v) is 5.52. The fraction of sp³-hybridized carbons (Fsp3) is 0.533. The van der Waals surface area contributed by atoms with Crippen LogP contribution in [0.4, 0.5) is 0 Å². The van der Waals surface area contributed by atoms with E-state index >= 15 is 0 Å². The Morgan fingerprint density at radius 2 is 2.21 bits per heavy atom. The number of carboxylic acid groups (broad SMARTS) is 1. The molecule has 0 aliphatic carbocycles. The monoisotopic (exact) mass is 279 g/mol. The molecule has 1 aliphatic rings. The summed E-state index contributed by atoms with van der Waals surface area (Å²) in [4.78, 5) is 13.0. The van der Waals surface area contributed by atoms with Crippen molar-refractivity contribution in [3.05, 3.63) is 29.8 Å². The topological polar surface area (TPSA) is 63.3 Å². The van der Waals surface area contributed by atoms with Crippen molar-refractivity contribution in [1.29, 1.82) is 0 Å². The molecule has 1 aliphatic heterocycles. The lowest BCUT2D eigenvalue weighted by Gasteiger charge is -2.34. The zero-order valence-electron chi connectivity index (χ0n) is 11.4. The van der Waals surface area contributed by atoms with Gasteiger partial charge in [-0.3, -0.25) is 4.79 Å². The van der Waals surface area contributed by atoms with Gasteiger partial charge in [-0.05, 0) is 30.4 Å². The summed E-state index contributed by atoms with van der Waals surface area (Å²) in [6, 6.07) is 8.31. The van der Waals surface area contributed by atoms with Gasteiger partial charge in [0, 0.05) is 16.7 Å². The second kappa shape index (κ2) is 5.55. The van der Waals surface area contributed by atoms with Crippen LogP contribution in [0.3, 0.4) is 0 Å². The van der Waals surface area contributed by atoms with Crippen LogP contribution in [-0.4, -0.2) is 22.9 Å². The molecule has 3 N–H and O–H groups in total. The van der Waals surface area contributed by atoms with Gasteiger partial charge in [0.05, 0.1) is 5.41 Å². The molecule has 0 saturated heterocycles. The van der Waals surface area contributed by atoms with Crippen molar-refractivity contribution in [3.63, 3.8) is 0 Å². The van der Waals surface area contributed by atoms with Gasteiger partial charge in [0.25, 0.3) is 0 Å². The second-order valence-corrected chi connectivity index (χ2v) is 6.92. The number of fused-ring (bicyclic) bond motifs is 1. The van der Waals surface area contributed by atoms with E-state index < -0.39 is 11.4 Å². The van der Waals surface area contributed by atoms with Crippen molar-refractivity contribution in [3.8, 4) is 0 Å². The molecular weight excluding hydrogens is 258 g/mol. The van der Waals surface area contributed by atoms with E-state index in [0.29, 0.717) is 11.7 Å². The summed E-state index contributed by atoms with van der Waals surface area (Å²) < 4.78 is 0. The van der Waals surface area contributed by atoms with Gasteiger partial charge >= 0.3 is 5.97 Å². The first-order valence-electron chi connectivity index (χ1n) is 6.67. The molecule has 1 heterocycles. The molecule has 104 valence electrons. The maximum absolute atomic E-state index is 11.7. The number of hydrogen-bond acceptors (Lipinski definition) is 3. The maximum atomic E-state index is 11.7. The van der Waals surface area contributed by atoms with E-state index in [-0.39, 0.29) is 12.5 Å². The van der Waals surface area contributed by atoms with Gasteiger partial charge in [0.1, 0.15) is 0 Å². The standard InChI is InChI=1S/C15H21NO2S/c1-10(2)15(9-16,14(17)18)8-12-7-11-5-3-4-6-13(11)19-12/h3-6,10,12H,7-9,16H2,1-2H3,(H,17,18). The number of thioether (sulfide) groups is 1. The van der Waals surface area contributed by atoms with Gasteiger partial charge in [-0.15, -0.1) is 11.8 Å². The van der Waals surface area contributed by atoms with Crippen molar-refractivity contribution >= 4 is 17.7 Å². The molecule has 2 unspecified atom stereocenters. The third-order valence-electron chi connectivity index (χ3n) is 4.20. The third kappa shape index (κ3) is 2.65. The average molecular weight is 279 g/mol. The van der Waals surface area contributed by atoms with Crippen molar-refractivity contribution in [2.75, 3.05) is 6.54 Å². The summed E-state index contributed by atoms with van der Waals surface area (Å²) in [5.74, 6) is -0.721. The molecule has 0 bridgehead atoms. The SMILES string of the molecule is CC(C)C(CN)(CC1Cc2ccccc2S1)C(=O)O. The van der Waals surface area contributed by atoms with E-state index in [2.05, 4.69) is 12.1 Å². The number of hydrogen-bond donors (Lipinski definition) is 2. The maximum Gasteiger partial charge on any atom is 0.311 e. The van der Waals surface area contributed by atoms with Gasteiger partial charge in [-0.25, -0.2) is 0 Å². The number of aliphatic carboxylic acids is 1. The average Bonchev–Trinajstić information content (AvgIpc) is 2.77. The minimum atomic E-state index is -0.806. The highest BCUT2D eigenvalue weighted by Gasteiger charge is 2.43. The van der Waals surface area contributed by atoms with Crippen LogP contribution in [0.5, 0.6) is 0 Å². The number of nitrogens with two attached hydrogens (primary N) is 1. The largest absolute Gasteiger partial charge is 0.481 e. The van der Waals surface area contributed by atoms with Gasteiger partial charge in [0.2, 0.25) is 0 Å². The predicted octanol–water partition coefficient (Wildman–Crippen LogP) is 2.78. The van der Waals surface area contributed by atoms with E-state index in [4.69, 9.17) is 5.73 Å². The number of rotatable bonds is 5. The first kappa shape index (κ1) is 14.4. The van der Waals surface area contributed by atoms with Gasteiger partial charge < -0.3 is 10.8 Å². The smallest absolute Gasteiger partial charge is 0.311 e. The van der Waals surface area contributed by atoms with E-state index in [0.717, 1.165) is 6.42 Å². The summed E-state index contributed by atoms with van der Waals surface area (Å²) in [5, 5.41) is 9.90. The van der Waals surface area contributed by atoms with E-state index in [1.54, 1.807) is 11.8 Å². The molecule has 0 saturated carbocycles. The molecule has 1 aromatic carbocycles. The molecule has 3 nitrogen and oxygen atoms in total. The Balaban J connectivity index is 2.15. The van der Waals surface area contributed by atoms with E-state index in [9.17, 15) is 9.90 Å². The lowest BCUT2D eigenvalue weighted by molar-refractivity contribution is -0.151. The lowest BCUT2D eigenvalue weighted by Crippen LogP contribution is -2.45. The fourth-order valence-corrected chi connectivity index (χ4v) is 4.21. The van der Waals surface area contributed by atoms with Crippen molar-refractivity contribution in [2.45, 2.75) is 36.8 Å². The Bertz CT molecular complexity index is 450. The highest BCUT2D eigenvalue weighted by atomic mass is 32.2. The Kier molecular flexibility index (Phi) is 4.21. The second-order valence-electron chi connectivity index (χ2n) is 5.58. The van der Waals surface area contributed by atoms with Crippen molar-refractivity contribution in [1.82, 2.24) is 0 Å². The molecule has 0 fully saturated rings. The van der Waals surface area contributed by atoms with E-state index in [1.165, 1.54) is 10.5 Å². The number of carboxylic acids is 1. The minimum Gasteiger partial charge on any atom is -0.481 e. The molecule has 0 aromatic heterocycles. The fourth-order valence-electron chi connectivity index (χ4n) is 2.75. The molecule has 2 rings (SSSR count). The summed E-state index contributed by atoms with van der Waals surface area (Å²) in [6.45, 7) is 4.11. The summed E-state index contributed by atoms with van der Waals surface area (Å²) in [6.07, 6.45) is 1.58. The van der Waals surface area contributed by atoms with Gasteiger partial charge in [0.15, 0.2) is 0 Å². The molecule has 2 atom stereocenters. The van der Waals surface area contributed by atoms with Crippen LogP contribution < -0.4 is 5.73 Å². The summed E-state index contributed by atoms with van der Waals surface area (Å²) in [5.41, 5.74) is 6.33. The summed E-state index contributed by atoms with van der Waals surface area (Å²) in [7, 11) is 0. The highest BCUT2D eigenvalue weighted by molar-refractivity contribution is 8.00. The Hall–Kier alpha value is -1.00. The quantitative estimate of drug-likeness (QED) is 0.870. The van der Waals surface area contributed by atoms with Gasteiger partial charge in [-0.2, -0.15) is 0 Å². The van der Waals surface area contributed by atoms with Crippen molar-refractivity contribution < 1.29 is 9.90 Å². The van der Waals surface area contributed by atoms with Crippen LogP contribution in [0.15, 0.2) is 29.2 Å². The van der Waals surface area contributed by atoms with Crippen molar-refractivity contribution in [2.24, 2.45) is 17.1 Å². The predicted molar refractivity (Wildman–Crippen MR) is 78.4 cm³/mol. The summed E-state index contributed by atoms with van der Waals surface area (Å²) >= 11 is 1.79. The molecule has 4 heteroatoms. The van der Waals surface area contributed by atoms with Gasteiger partial charge in [-0.1, -0.05) is 32.0 Å². The first-order valence-corrected chi connectivity index (χ1v) is 7.55. The molecule has 0 amide bonds. The Labute approximate surface area is 118 Å². The molecular formula is C15H21NO2S. The number of carbonyl (C=O) groups is 1. The van der Waals surface area contributed by atoms with Crippen LogP contribution in [-0.2, 0) is 11.2 Å². The lowest BCUT2D eigenvalue weighted by atomic mass is 9.73. The molecule has 0 radical (unpaired) electrons. The molecule has 0 spiro atoms. The molecule has 19 heavy (non-hydrogen) atoms. The highest BCUT2D eigenvalue weighted by Crippen LogP contribution is 2.44. The normalized spacial score (nSPS) is 21.2. The molecule has 1 aromatic rings.